The molecule has 1 saturated heterocycles. The predicted molar refractivity (Wildman–Crippen MR) is 227 cm³/mol. The van der Waals surface area contributed by atoms with Gasteiger partial charge in [-0.1, -0.05) is 30.3 Å². The third-order valence-electron chi connectivity index (χ3n) is 11.1. The Hall–Kier alpha value is -6.25. The molecule has 0 unspecified atom stereocenters. The van der Waals surface area contributed by atoms with Gasteiger partial charge in [-0.15, -0.1) is 0 Å². The summed E-state index contributed by atoms with van der Waals surface area (Å²) in [6, 6.07) is 19.7. The van der Waals surface area contributed by atoms with Crippen molar-refractivity contribution in [3.8, 4) is 22.5 Å². The van der Waals surface area contributed by atoms with E-state index in [1.807, 2.05) is 83.1 Å². The van der Waals surface area contributed by atoms with E-state index in [2.05, 4.69) is 36.4 Å². The summed E-state index contributed by atoms with van der Waals surface area (Å²) in [6.07, 6.45) is 2.83. The second kappa shape index (κ2) is 19.2. The summed E-state index contributed by atoms with van der Waals surface area (Å²) in [7, 11) is 0. The van der Waals surface area contributed by atoms with Crippen molar-refractivity contribution in [2.75, 3.05) is 25.0 Å². The van der Waals surface area contributed by atoms with E-state index in [0.29, 0.717) is 68.2 Å². The summed E-state index contributed by atoms with van der Waals surface area (Å²) >= 11 is 0. The second-order valence-corrected chi connectivity index (χ2v) is 16.9. The zero-order valence-electron chi connectivity index (χ0n) is 35.0. The van der Waals surface area contributed by atoms with Crippen molar-refractivity contribution >= 4 is 35.6 Å². The molecule has 2 aliphatic rings. The number of hydrogen-bond donors (Lipinski definition) is 6. The van der Waals surface area contributed by atoms with Crippen molar-refractivity contribution in [2.45, 2.75) is 97.2 Å². The van der Waals surface area contributed by atoms with Gasteiger partial charge in [0, 0.05) is 54.8 Å². The summed E-state index contributed by atoms with van der Waals surface area (Å²) in [5.41, 5.74) is 4.98. The van der Waals surface area contributed by atoms with Crippen LogP contribution in [0.15, 0.2) is 66.7 Å². The van der Waals surface area contributed by atoms with Gasteiger partial charge in [-0.25, -0.2) is 14.6 Å². The number of ether oxygens (including phenoxy) is 1. The second-order valence-electron chi connectivity index (χ2n) is 16.9. The van der Waals surface area contributed by atoms with Gasteiger partial charge >= 0.3 is 12.2 Å². The summed E-state index contributed by atoms with van der Waals surface area (Å²) < 4.78 is 5.36. The first kappa shape index (κ1) is 43.3. The summed E-state index contributed by atoms with van der Waals surface area (Å²) in [5, 5.41) is 28.2. The Balaban J connectivity index is 1.09. The van der Waals surface area contributed by atoms with Gasteiger partial charge in [0.2, 0.25) is 11.8 Å². The number of nitrogens with zero attached hydrogens (tertiary/aromatic N) is 3. The van der Waals surface area contributed by atoms with E-state index in [0.717, 1.165) is 40.7 Å². The molecule has 1 atom stereocenters. The van der Waals surface area contributed by atoms with Crippen LogP contribution in [0.5, 0.6) is 0 Å². The minimum Gasteiger partial charge on any atom is -0.465 e. The highest BCUT2D eigenvalue weighted by atomic mass is 16.6. The van der Waals surface area contributed by atoms with E-state index in [1.165, 1.54) is 4.90 Å². The number of aryl methyl sites for hydroxylation is 2. The van der Waals surface area contributed by atoms with Crippen LogP contribution in [0.3, 0.4) is 0 Å². The fourth-order valence-electron chi connectivity index (χ4n) is 7.74. The highest BCUT2D eigenvalue weighted by Crippen LogP contribution is 2.30. The number of benzene rings is 3. The number of nitrogens with one attached hydrogen (secondary N) is 5. The molecule has 6 rings (SSSR count). The number of aromatic nitrogens is 3. The third-order valence-corrected chi connectivity index (χ3v) is 11.1. The monoisotopic (exact) mass is 820 g/mol. The lowest BCUT2D eigenvalue weighted by atomic mass is 9.81. The van der Waals surface area contributed by atoms with Gasteiger partial charge in [-0.2, -0.15) is 5.10 Å². The van der Waals surface area contributed by atoms with Crippen LogP contribution in [0.4, 0.5) is 15.3 Å². The van der Waals surface area contributed by atoms with Crippen molar-refractivity contribution in [2.24, 2.45) is 11.8 Å². The molecule has 0 radical (unpaired) electrons. The molecular formula is C45H56N8O7. The average molecular weight is 821 g/mol. The molecule has 15 heteroatoms. The number of rotatable bonds is 12. The van der Waals surface area contributed by atoms with Crippen LogP contribution in [0.2, 0.25) is 0 Å². The Bertz CT molecular complexity index is 2150. The number of piperidine rings is 1. The molecule has 1 saturated carbocycles. The van der Waals surface area contributed by atoms with Gasteiger partial charge < -0.3 is 36.0 Å². The van der Waals surface area contributed by atoms with E-state index in [9.17, 15) is 29.1 Å². The molecule has 1 aromatic heterocycles. The van der Waals surface area contributed by atoms with Gasteiger partial charge in [0.05, 0.1) is 0 Å². The quantitative estimate of drug-likeness (QED) is 0.0906. The average Bonchev–Trinajstić information content (AvgIpc) is 3.66. The van der Waals surface area contributed by atoms with E-state index in [1.54, 1.807) is 18.2 Å². The Morgan fingerprint density at radius 3 is 2.15 bits per heavy atom. The molecule has 0 bridgehead atoms. The number of carboxylic acid groups (broad SMARTS) is 1. The molecule has 5 amide bonds. The van der Waals surface area contributed by atoms with Gasteiger partial charge in [0.25, 0.3) is 5.91 Å². The number of alkyl carbamates (subject to hydrolysis) is 1. The maximum Gasteiger partial charge on any atom is 0.407 e. The topological polar surface area (TPSA) is 208 Å². The molecule has 1 aliphatic heterocycles. The fourth-order valence-corrected chi connectivity index (χ4v) is 7.74. The number of hydrogen-bond acceptors (Lipinski definition) is 8. The van der Waals surface area contributed by atoms with Crippen LogP contribution in [0, 0.1) is 25.7 Å². The standard InChI is InChI=1S/C45H56N8O7/c1-27-24-34(41(55)48-36-20-22-53(23-21-36)44(58)59)16-19-37(27)31-10-6-29(7-11-31)25-38(42(56)49-35-17-14-32(15-18-35)39-47-28(2)51-52-39)50-40(54)33-12-8-30(9-13-33)26-46-43(57)60-45(3,4)5/h6-7,10-11,14-19,24,30,33,36,38H,8-9,12-13,20-23,25-26H2,1-5H3,(H,46,57)(H,48,55)(H,49,56)(H,50,54)(H,58,59)(H,47,51,52)/t30?,33?,38-/m0/s1. The number of carbonyl (C=O) groups is 5. The van der Waals surface area contributed by atoms with Crippen LogP contribution in [0.1, 0.15) is 86.6 Å². The van der Waals surface area contributed by atoms with E-state index < -0.39 is 23.8 Å². The first-order valence-electron chi connectivity index (χ1n) is 20.7. The van der Waals surface area contributed by atoms with Crippen molar-refractivity contribution in [1.29, 1.82) is 0 Å². The maximum absolute atomic E-state index is 13.9. The van der Waals surface area contributed by atoms with Crippen LogP contribution in [-0.4, -0.2) is 92.4 Å². The van der Waals surface area contributed by atoms with Crippen molar-refractivity contribution in [3.05, 3.63) is 89.2 Å². The summed E-state index contributed by atoms with van der Waals surface area (Å²) in [4.78, 5) is 69.9. The lowest BCUT2D eigenvalue weighted by Crippen LogP contribution is -2.48. The normalized spacial score (nSPS) is 17.6. The molecule has 60 heavy (non-hydrogen) atoms. The molecule has 6 N–H and O–H groups in total. The Morgan fingerprint density at radius 2 is 1.55 bits per heavy atom. The molecule has 2 heterocycles. The fraction of sp³-hybridized carbons (Fsp3) is 0.444. The van der Waals surface area contributed by atoms with Gasteiger partial charge in [-0.05, 0) is 138 Å². The van der Waals surface area contributed by atoms with E-state index in [-0.39, 0.29) is 42.0 Å². The number of anilines is 1. The maximum atomic E-state index is 13.9. The number of likely N-dealkylation sites (tertiary alicyclic amines) is 1. The van der Waals surface area contributed by atoms with E-state index in [4.69, 9.17) is 4.74 Å². The number of amides is 5. The molecule has 15 nitrogen and oxygen atoms in total. The predicted octanol–water partition coefficient (Wildman–Crippen LogP) is 6.62. The smallest absolute Gasteiger partial charge is 0.407 e. The number of carbonyl (C=O) groups excluding carboxylic acids is 4. The third kappa shape index (κ3) is 11.9. The molecule has 1 aliphatic carbocycles. The highest BCUT2D eigenvalue weighted by Gasteiger charge is 2.31. The van der Waals surface area contributed by atoms with E-state index >= 15 is 0 Å². The van der Waals surface area contributed by atoms with Crippen molar-refractivity contribution in [1.82, 2.24) is 36.0 Å². The molecule has 4 aromatic rings. The molecular weight excluding hydrogens is 765 g/mol. The highest BCUT2D eigenvalue weighted by molar-refractivity contribution is 5.98. The lowest BCUT2D eigenvalue weighted by Gasteiger charge is -2.30. The van der Waals surface area contributed by atoms with Gasteiger partial charge in [0.15, 0.2) is 5.82 Å². The Labute approximate surface area is 350 Å². The van der Waals surface area contributed by atoms with Gasteiger partial charge in [-0.3, -0.25) is 19.5 Å². The minimum atomic E-state index is -0.939. The Morgan fingerprint density at radius 1 is 0.883 bits per heavy atom. The van der Waals surface area contributed by atoms with Crippen LogP contribution in [0.25, 0.3) is 22.5 Å². The largest absolute Gasteiger partial charge is 0.465 e. The molecule has 3 aromatic carbocycles. The van der Waals surface area contributed by atoms with Crippen LogP contribution >= 0.6 is 0 Å². The number of aromatic amines is 1. The first-order chi connectivity index (χ1) is 28.6. The SMILES string of the molecule is Cc1nc(-c2ccc(NC(=O)[C@H](Cc3ccc(-c4ccc(C(=O)NC5CCN(C(=O)O)CC5)cc4C)cc3)NC(=O)C3CCC(CNC(=O)OC(C)(C)C)CC3)cc2)n[nH]1. The van der Waals surface area contributed by atoms with Crippen LogP contribution < -0.4 is 21.3 Å². The summed E-state index contributed by atoms with van der Waals surface area (Å²) in [6.45, 7) is 10.5. The van der Waals surface area contributed by atoms with Gasteiger partial charge in [0.1, 0.15) is 17.5 Å². The Kier molecular flexibility index (Phi) is 13.9. The number of H-pyrrole nitrogens is 1. The zero-order valence-corrected chi connectivity index (χ0v) is 35.0. The molecule has 0 spiro atoms. The first-order valence-corrected chi connectivity index (χ1v) is 20.7. The van der Waals surface area contributed by atoms with Crippen molar-refractivity contribution < 1.29 is 33.8 Å². The molecule has 318 valence electrons. The van der Waals surface area contributed by atoms with Crippen molar-refractivity contribution in [3.63, 3.8) is 0 Å². The lowest BCUT2D eigenvalue weighted by molar-refractivity contribution is -0.130. The zero-order chi connectivity index (χ0) is 43.0. The van der Waals surface area contributed by atoms with Crippen LogP contribution in [-0.2, 0) is 20.7 Å². The minimum absolute atomic E-state index is 0.0824. The summed E-state index contributed by atoms with van der Waals surface area (Å²) in [5.74, 6) is 0.508. The molecule has 2 fully saturated rings.